The third-order valence-corrected chi connectivity index (χ3v) is 6.66. The van der Waals surface area contributed by atoms with Crippen molar-refractivity contribution in [2.24, 2.45) is 0 Å². The average Bonchev–Trinajstić information content (AvgIpc) is 3.38. The zero-order valence-corrected chi connectivity index (χ0v) is 17.7. The van der Waals surface area contributed by atoms with Crippen LogP contribution in [0.25, 0.3) is 0 Å². The van der Waals surface area contributed by atoms with E-state index in [1.807, 2.05) is 4.68 Å². The van der Waals surface area contributed by atoms with E-state index in [-0.39, 0.29) is 6.04 Å². The number of thiophene rings is 1. The molecule has 0 aliphatic carbocycles. The van der Waals surface area contributed by atoms with Crippen LogP contribution in [0.4, 0.5) is 5.69 Å². The number of hydrogen-bond donors (Lipinski definition) is 0. The molecular formula is C21H28N6S. The molecule has 4 rings (SSSR count). The Morgan fingerprint density at radius 3 is 2.61 bits per heavy atom. The van der Waals surface area contributed by atoms with E-state index >= 15 is 0 Å². The van der Waals surface area contributed by atoms with Gasteiger partial charge in [0.1, 0.15) is 0 Å². The van der Waals surface area contributed by atoms with Crippen molar-refractivity contribution in [1.29, 1.82) is 0 Å². The molecule has 0 radical (unpaired) electrons. The van der Waals surface area contributed by atoms with Gasteiger partial charge in [-0.2, -0.15) is 0 Å². The van der Waals surface area contributed by atoms with Gasteiger partial charge in [-0.15, -0.1) is 16.4 Å². The fourth-order valence-electron chi connectivity index (χ4n) is 4.07. The van der Waals surface area contributed by atoms with Crippen LogP contribution >= 0.6 is 11.3 Å². The Kier molecular flexibility index (Phi) is 5.73. The first-order valence-electron chi connectivity index (χ1n) is 10.0. The molecule has 1 aliphatic heterocycles. The summed E-state index contributed by atoms with van der Waals surface area (Å²) in [4.78, 5) is 6.33. The van der Waals surface area contributed by atoms with E-state index in [2.05, 4.69) is 81.8 Å². The topological polar surface area (TPSA) is 50.1 Å². The number of hydrogen-bond acceptors (Lipinski definition) is 6. The second-order valence-electron chi connectivity index (χ2n) is 7.44. The highest BCUT2D eigenvalue weighted by Crippen LogP contribution is 2.28. The van der Waals surface area contributed by atoms with Crippen LogP contribution in [-0.2, 0) is 6.54 Å². The van der Waals surface area contributed by atoms with Crippen molar-refractivity contribution in [3.63, 3.8) is 0 Å². The van der Waals surface area contributed by atoms with Crippen LogP contribution in [0.15, 0.2) is 35.7 Å². The summed E-state index contributed by atoms with van der Waals surface area (Å²) in [6, 6.07) is 11.1. The number of aromatic nitrogens is 4. The van der Waals surface area contributed by atoms with Gasteiger partial charge < -0.3 is 4.90 Å². The molecule has 1 saturated heterocycles. The van der Waals surface area contributed by atoms with Gasteiger partial charge in [-0.05, 0) is 59.3 Å². The van der Waals surface area contributed by atoms with Crippen molar-refractivity contribution >= 4 is 17.0 Å². The van der Waals surface area contributed by atoms with Gasteiger partial charge in [0.25, 0.3) is 0 Å². The highest BCUT2D eigenvalue weighted by molar-refractivity contribution is 7.09. The lowest BCUT2D eigenvalue weighted by molar-refractivity contribution is 0.169. The summed E-state index contributed by atoms with van der Waals surface area (Å²) in [5.74, 6) is 0.982. The fraction of sp³-hybridized carbons (Fsp3) is 0.476. The molecule has 1 aromatic carbocycles. The van der Waals surface area contributed by atoms with E-state index in [1.165, 1.54) is 21.7 Å². The molecule has 0 spiro atoms. The van der Waals surface area contributed by atoms with Crippen LogP contribution in [0.2, 0.25) is 0 Å². The minimum absolute atomic E-state index is 0.260. The molecule has 0 saturated carbocycles. The van der Waals surface area contributed by atoms with Crippen molar-refractivity contribution in [1.82, 2.24) is 25.1 Å². The largest absolute Gasteiger partial charge is 0.369 e. The van der Waals surface area contributed by atoms with Crippen LogP contribution in [0.1, 0.15) is 41.2 Å². The van der Waals surface area contributed by atoms with E-state index in [4.69, 9.17) is 0 Å². The first-order valence-corrected chi connectivity index (χ1v) is 10.9. The van der Waals surface area contributed by atoms with Crippen molar-refractivity contribution in [3.8, 4) is 0 Å². The standard InChI is InChI=1S/C21H28N6S/c1-4-19(21-22-23-24-27(21)15-18-8-6-14-28-18)25-10-12-26(13-11-25)20-9-5-7-16(2)17(20)3/h5-9,14,19H,4,10-13,15H2,1-3H3/t19-/m0/s1. The lowest BCUT2D eigenvalue weighted by Gasteiger charge is -2.40. The lowest BCUT2D eigenvalue weighted by Crippen LogP contribution is -2.48. The predicted octanol–water partition coefficient (Wildman–Crippen LogP) is 3.67. The minimum atomic E-state index is 0.260. The van der Waals surface area contributed by atoms with E-state index in [0.717, 1.165) is 45.0 Å². The summed E-state index contributed by atoms with van der Waals surface area (Å²) in [6.07, 6.45) is 1.01. The molecule has 2 aromatic heterocycles. The van der Waals surface area contributed by atoms with Gasteiger partial charge in [0.05, 0.1) is 12.6 Å². The smallest absolute Gasteiger partial charge is 0.168 e. The molecule has 1 fully saturated rings. The minimum Gasteiger partial charge on any atom is -0.369 e. The Hall–Kier alpha value is -2.25. The predicted molar refractivity (Wildman–Crippen MR) is 114 cm³/mol. The average molecular weight is 397 g/mol. The monoisotopic (exact) mass is 396 g/mol. The Labute approximate surface area is 170 Å². The molecular weight excluding hydrogens is 368 g/mol. The number of aryl methyl sites for hydroxylation is 1. The summed E-state index contributed by atoms with van der Waals surface area (Å²) >= 11 is 1.75. The first kappa shape index (κ1) is 19.1. The lowest BCUT2D eigenvalue weighted by atomic mass is 10.1. The summed E-state index contributed by atoms with van der Waals surface area (Å²) in [5.41, 5.74) is 4.12. The summed E-state index contributed by atoms with van der Waals surface area (Å²) < 4.78 is 1.97. The second-order valence-corrected chi connectivity index (χ2v) is 8.47. The van der Waals surface area contributed by atoms with E-state index in [1.54, 1.807) is 11.3 Å². The maximum absolute atomic E-state index is 4.40. The number of piperazine rings is 1. The van der Waals surface area contributed by atoms with Gasteiger partial charge in [0.2, 0.25) is 0 Å². The molecule has 1 aliphatic rings. The van der Waals surface area contributed by atoms with Crippen molar-refractivity contribution in [2.75, 3.05) is 31.1 Å². The van der Waals surface area contributed by atoms with Crippen LogP contribution in [0.5, 0.6) is 0 Å². The Morgan fingerprint density at radius 2 is 1.89 bits per heavy atom. The van der Waals surface area contributed by atoms with Crippen molar-refractivity contribution in [3.05, 3.63) is 57.5 Å². The van der Waals surface area contributed by atoms with Gasteiger partial charge in [0.15, 0.2) is 5.82 Å². The molecule has 7 heteroatoms. The third-order valence-electron chi connectivity index (χ3n) is 5.80. The van der Waals surface area contributed by atoms with Crippen LogP contribution in [-0.4, -0.2) is 51.3 Å². The van der Waals surface area contributed by atoms with Gasteiger partial charge in [-0.1, -0.05) is 25.1 Å². The van der Waals surface area contributed by atoms with Gasteiger partial charge >= 0.3 is 0 Å². The number of nitrogens with zero attached hydrogens (tertiary/aromatic N) is 6. The van der Waals surface area contributed by atoms with Crippen molar-refractivity contribution < 1.29 is 0 Å². The van der Waals surface area contributed by atoms with Crippen LogP contribution < -0.4 is 4.90 Å². The van der Waals surface area contributed by atoms with Crippen LogP contribution in [0, 0.1) is 13.8 Å². The first-order chi connectivity index (χ1) is 13.7. The van der Waals surface area contributed by atoms with Crippen molar-refractivity contribution in [2.45, 2.75) is 39.8 Å². The molecule has 0 N–H and O–H groups in total. The van der Waals surface area contributed by atoms with Gasteiger partial charge in [0, 0.05) is 36.7 Å². The zero-order chi connectivity index (χ0) is 19.5. The number of anilines is 1. The maximum atomic E-state index is 4.40. The normalized spacial score (nSPS) is 16.5. The third kappa shape index (κ3) is 3.82. The Morgan fingerprint density at radius 1 is 1.07 bits per heavy atom. The maximum Gasteiger partial charge on any atom is 0.168 e. The summed E-state index contributed by atoms with van der Waals surface area (Å²) in [6.45, 7) is 11.5. The Balaban J connectivity index is 1.46. The molecule has 148 valence electrons. The van der Waals surface area contributed by atoms with Crippen LogP contribution in [0.3, 0.4) is 0 Å². The molecule has 28 heavy (non-hydrogen) atoms. The highest BCUT2D eigenvalue weighted by atomic mass is 32.1. The van der Waals surface area contributed by atoms with Gasteiger partial charge in [-0.3, -0.25) is 4.90 Å². The molecule has 3 heterocycles. The fourth-order valence-corrected chi connectivity index (χ4v) is 4.76. The molecule has 1 atom stereocenters. The molecule has 0 bridgehead atoms. The summed E-state index contributed by atoms with van der Waals surface area (Å²) in [5, 5.41) is 14.7. The molecule has 0 unspecified atom stereocenters. The van der Waals surface area contributed by atoms with E-state index in [9.17, 15) is 0 Å². The number of rotatable bonds is 6. The SMILES string of the molecule is CC[C@@H](c1nnnn1Cc1cccs1)N1CCN(c2cccc(C)c2C)CC1. The molecule has 3 aromatic rings. The highest BCUT2D eigenvalue weighted by Gasteiger charge is 2.28. The number of tetrazole rings is 1. The summed E-state index contributed by atoms with van der Waals surface area (Å²) in [7, 11) is 0. The Bertz CT molecular complexity index is 896. The second kappa shape index (κ2) is 8.41. The van der Waals surface area contributed by atoms with E-state index < -0.39 is 0 Å². The quantitative estimate of drug-likeness (QED) is 0.636. The zero-order valence-electron chi connectivity index (χ0n) is 16.9. The number of benzene rings is 1. The molecule has 0 amide bonds. The molecule has 6 nitrogen and oxygen atoms in total. The van der Waals surface area contributed by atoms with Gasteiger partial charge in [-0.25, -0.2) is 4.68 Å². The van der Waals surface area contributed by atoms with E-state index in [0.29, 0.717) is 0 Å².